The highest BCUT2D eigenvalue weighted by atomic mass is 16.5. The molecular weight excluding hydrogens is 180 g/mol. The molecule has 14 heavy (non-hydrogen) atoms. The molecule has 0 aliphatic heterocycles. The summed E-state index contributed by atoms with van der Waals surface area (Å²) in [5, 5.41) is 11.1. The molecule has 0 aliphatic rings. The zero-order chi connectivity index (χ0) is 10.4. The zero-order valence-corrected chi connectivity index (χ0v) is 9.03. The second-order valence-corrected chi connectivity index (χ2v) is 3.36. The van der Waals surface area contributed by atoms with Crippen LogP contribution in [0.1, 0.15) is 12.1 Å². The van der Waals surface area contributed by atoms with Crippen LogP contribution in [0.25, 0.3) is 0 Å². The first-order valence-electron chi connectivity index (χ1n) is 4.77. The van der Waals surface area contributed by atoms with Gasteiger partial charge in [0.25, 0.3) is 0 Å². The van der Waals surface area contributed by atoms with Gasteiger partial charge in [0.2, 0.25) is 0 Å². The van der Waals surface area contributed by atoms with Crippen LogP contribution in [0, 0.1) is 0 Å². The lowest BCUT2D eigenvalue weighted by Gasteiger charge is -2.13. The summed E-state index contributed by atoms with van der Waals surface area (Å²) in [4.78, 5) is 0. The van der Waals surface area contributed by atoms with Crippen LogP contribution >= 0.6 is 0 Å². The predicted octanol–water partition coefficient (Wildman–Crippen LogP) is -0.0179. The van der Waals surface area contributed by atoms with E-state index in [1.54, 1.807) is 11.8 Å². The summed E-state index contributed by atoms with van der Waals surface area (Å²) < 4.78 is 6.81. The van der Waals surface area contributed by atoms with Crippen molar-refractivity contribution in [2.24, 2.45) is 7.05 Å². The van der Waals surface area contributed by atoms with E-state index in [1.807, 2.05) is 20.3 Å². The van der Waals surface area contributed by atoms with Crippen LogP contribution in [0.5, 0.6) is 0 Å². The van der Waals surface area contributed by atoms with Crippen molar-refractivity contribution in [3.63, 3.8) is 0 Å². The third kappa shape index (κ3) is 3.43. The molecule has 0 radical (unpaired) electrons. The van der Waals surface area contributed by atoms with Crippen LogP contribution in [0.3, 0.4) is 0 Å². The molecule has 0 fully saturated rings. The number of methoxy groups -OCH3 is 1. The van der Waals surface area contributed by atoms with Gasteiger partial charge in [0.15, 0.2) is 0 Å². The number of aryl methyl sites for hydroxylation is 2. The van der Waals surface area contributed by atoms with Gasteiger partial charge < -0.3 is 10.1 Å². The van der Waals surface area contributed by atoms with Crippen LogP contribution < -0.4 is 5.32 Å². The first-order chi connectivity index (χ1) is 6.76. The summed E-state index contributed by atoms with van der Waals surface area (Å²) >= 11 is 0. The van der Waals surface area contributed by atoms with Gasteiger partial charge in [-0.1, -0.05) is 5.21 Å². The van der Waals surface area contributed by atoms with E-state index >= 15 is 0 Å². The molecule has 1 atom stereocenters. The molecule has 1 unspecified atom stereocenters. The lowest BCUT2D eigenvalue weighted by molar-refractivity contribution is 0.166. The van der Waals surface area contributed by atoms with Crippen molar-refractivity contribution in [1.82, 2.24) is 20.3 Å². The standard InChI is InChI=1S/C9H18N4O/c1-10-9(7-14-3)5-4-8-6-13(2)12-11-8/h6,9-10H,4-5,7H2,1-3H3. The SMILES string of the molecule is CNC(CCc1cn(C)nn1)COC. The van der Waals surface area contributed by atoms with E-state index in [2.05, 4.69) is 15.6 Å². The Morgan fingerprint density at radius 3 is 2.93 bits per heavy atom. The van der Waals surface area contributed by atoms with Crippen molar-refractivity contribution in [3.8, 4) is 0 Å². The minimum atomic E-state index is 0.391. The molecule has 0 spiro atoms. The number of hydrogen-bond donors (Lipinski definition) is 1. The van der Waals surface area contributed by atoms with E-state index in [0.717, 1.165) is 25.1 Å². The molecular formula is C9H18N4O. The number of hydrogen-bond acceptors (Lipinski definition) is 4. The van der Waals surface area contributed by atoms with Crippen LogP contribution in [-0.4, -0.2) is 41.8 Å². The Balaban J connectivity index is 2.31. The van der Waals surface area contributed by atoms with E-state index in [4.69, 9.17) is 4.74 Å². The highest BCUT2D eigenvalue weighted by Crippen LogP contribution is 2.01. The van der Waals surface area contributed by atoms with Gasteiger partial charge in [-0.15, -0.1) is 5.10 Å². The van der Waals surface area contributed by atoms with E-state index in [-0.39, 0.29) is 0 Å². The van der Waals surface area contributed by atoms with Crippen molar-refractivity contribution in [2.75, 3.05) is 20.8 Å². The summed E-state index contributed by atoms with van der Waals surface area (Å²) in [7, 11) is 5.54. The van der Waals surface area contributed by atoms with Crippen molar-refractivity contribution in [3.05, 3.63) is 11.9 Å². The van der Waals surface area contributed by atoms with Crippen molar-refractivity contribution in [1.29, 1.82) is 0 Å². The van der Waals surface area contributed by atoms with E-state index in [0.29, 0.717) is 6.04 Å². The van der Waals surface area contributed by atoms with Gasteiger partial charge in [-0.2, -0.15) is 0 Å². The molecule has 1 aromatic rings. The number of ether oxygens (including phenoxy) is 1. The minimum absolute atomic E-state index is 0.391. The molecule has 5 nitrogen and oxygen atoms in total. The molecule has 0 aromatic carbocycles. The average molecular weight is 198 g/mol. The molecule has 1 heterocycles. The quantitative estimate of drug-likeness (QED) is 0.698. The topological polar surface area (TPSA) is 52.0 Å². The van der Waals surface area contributed by atoms with Gasteiger partial charge >= 0.3 is 0 Å². The molecule has 0 amide bonds. The molecule has 0 aliphatic carbocycles. The predicted molar refractivity (Wildman–Crippen MR) is 54.0 cm³/mol. The first-order valence-corrected chi connectivity index (χ1v) is 4.77. The second-order valence-electron chi connectivity index (χ2n) is 3.36. The average Bonchev–Trinajstić information content (AvgIpc) is 2.59. The first kappa shape index (κ1) is 11.1. The maximum atomic E-state index is 5.08. The second kappa shape index (κ2) is 5.72. The van der Waals surface area contributed by atoms with E-state index in [9.17, 15) is 0 Å². The fourth-order valence-electron chi connectivity index (χ4n) is 1.34. The Labute approximate surface area is 84.4 Å². The van der Waals surface area contributed by atoms with E-state index in [1.165, 1.54) is 0 Å². The lowest BCUT2D eigenvalue weighted by Crippen LogP contribution is -2.30. The van der Waals surface area contributed by atoms with Crippen LogP contribution in [0.2, 0.25) is 0 Å². The number of nitrogens with zero attached hydrogens (tertiary/aromatic N) is 3. The third-order valence-corrected chi connectivity index (χ3v) is 2.18. The Morgan fingerprint density at radius 2 is 2.43 bits per heavy atom. The van der Waals surface area contributed by atoms with Gasteiger partial charge in [-0.05, 0) is 19.9 Å². The Kier molecular flexibility index (Phi) is 4.55. The number of nitrogens with one attached hydrogen (secondary N) is 1. The molecule has 80 valence electrons. The highest BCUT2D eigenvalue weighted by molar-refractivity contribution is 4.92. The molecule has 0 saturated heterocycles. The van der Waals surface area contributed by atoms with Gasteiger partial charge in [-0.3, -0.25) is 4.68 Å². The summed E-state index contributed by atoms with van der Waals surface area (Å²) in [5.74, 6) is 0. The maximum Gasteiger partial charge on any atom is 0.0827 e. The van der Waals surface area contributed by atoms with Crippen LogP contribution in [-0.2, 0) is 18.2 Å². The van der Waals surface area contributed by atoms with Crippen LogP contribution in [0.4, 0.5) is 0 Å². The van der Waals surface area contributed by atoms with Crippen molar-refractivity contribution < 1.29 is 4.74 Å². The van der Waals surface area contributed by atoms with Gasteiger partial charge in [-0.25, -0.2) is 0 Å². The third-order valence-electron chi connectivity index (χ3n) is 2.18. The maximum absolute atomic E-state index is 5.08. The van der Waals surface area contributed by atoms with Crippen molar-refractivity contribution in [2.45, 2.75) is 18.9 Å². The fraction of sp³-hybridized carbons (Fsp3) is 0.778. The molecule has 1 aromatic heterocycles. The summed E-state index contributed by atoms with van der Waals surface area (Å²) in [5.41, 5.74) is 1.03. The largest absolute Gasteiger partial charge is 0.383 e. The monoisotopic (exact) mass is 198 g/mol. The Bertz CT molecular complexity index is 261. The Hall–Kier alpha value is -0.940. The van der Waals surface area contributed by atoms with E-state index < -0.39 is 0 Å². The van der Waals surface area contributed by atoms with Gasteiger partial charge in [0.05, 0.1) is 12.3 Å². The molecule has 0 saturated carbocycles. The van der Waals surface area contributed by atoms with Crippen molar-refractivity contribution >= 4 is 0 Å². The fourth-order valence-corrected chi connectivity index (χ4v) is 1.34. The smallest absolute Gasteiger partial charge is 0.0827 e. The zero-order valence-electron chi connectivity index (χ0n) is 9.03. The molecule has 1 N–H and O–H groups in total. The van der Waals surface area contributed by atoms with Crippen LogP contribution in [0.15, 0.2) is 6.20 Å². The normalized spacial score (nSPS) is 13.1. The number of likely N-dealkylation sites (N-methyl/N-ethyl adjacent to an activating group) is 1. The lowest BCUT2D eigenvalue weighted by atomic mass is 10.1. The Morgan fingerprint density at radius 1 is 1.64 bits per heavy atom. The summed E-state index contributed by atoms with van der Waals surface area (Å²) in [6, 6.07) is 0.391. The van der Waals surface area contributed by atoms with Gasteiger partial charge in [0, 0.05) is 26.4 Å². The molecule has 5 heteroatoms. The highest BCUT2D eigenvalue weighted by Gasteiger charge is 2.06. The minimum Gasteiger partial charge on any atom is -0.383 e. The van der Waals surface area contributed by atoms with Gasteiger partial charge in [0.1, 0.15) is 0 Å². The summed E-state index contributed by atoms with van der Waals surface area (Å²) in [6.45, 7) is 0.733. The molecule has 1 rings (SSSR count). The number of aromatic nitrogens is 3. The summed E-state index contributed by atoms with van der Waals surface area (Å²) in [6.07, 6.45) is 3.89. The molecule has 0 bridgehead atoms. The number of rotatable bonds is 6.